The van der Waals surface area contributed by atoms with Gasteiger partial charge in [0.1, 0.15) is 0 Å². The molecule has 0 spiro atoms. The van der Waals surface area contributed by atoms with Gasteiger partial charge in [0.25, 0.3) is 5.91 Å². The number of halogens is 4. The summed E-state index contributed by atoms with van der Waals surface area (Å²) in [4.78, 5) is 35.8. The number of para-hydroxylation sites is 1. The topological polar surface area (TPSA) is 97.6 Å². The van der Waals surface area contributed by atoms with E-state index in [1.807, 2.05) is 5.32 Å². The third kappa shape index (κ3) is 4.80. The van der Waals surface area contributed by atoms with E-state index >= 15 is 0 Å². The molecule has 0 saturated carbocycles. The molecule has 0 fully saturated rings. The predicted octanol–water partition coefficient (Wildman–Crippen LogP) is 3.72. The van der Waals surface area contributed by atoms with Gasteiger partial charge in [0.05, 0.1) is 17.3 Å². The van der Waals surface area contributed by atoms with Crippen LogP contribution in [0.3, 0.4) is 0 Å². The van der Waals surface area contributed by atoms with Gasteiger partial charge in [-0.1, -0.05) is 23.7 Å². The second-order valence-corrected chi connectivity index (χ2v) is 6.70. The van der Waals surface area contributed by atoms with Gasteiger partial charge in [-0.05, 0) is 25.1 Å². The van der Waals surface area contributed by atoms with Crippen molar-refractivity contribution in [2.45, 2.75) is 6.92 Å². The molecule has 3 aromatic rings. The van der Waals surface area contributed by atoms with Crippen molar-refractivity contribution in [2.75, 3.05) is 18.5 Å². The average molecular weight is 455 g/mol. The maximum Gasteiger partial charge on any atom is 0.375 e. The van der Waals surface area contributed by atoms with Crippen molar-refractivity contribution >= 4 is 46.0 Å². The number of nitrogens with one attached hydrogen (secondary N) is 2. The number of carbonyl (C=O) groups excluding carboxylic acids is 3. The number of hydrogen-bond donors (Lipinski definition) is 2. The molecule has 11 heteroatoms. The molecule has 0 aliphatic heterocycles. The molecule has 2 N–H and O–H groups in total. The molecule has 1 heterocycles. The van der Waals surface area contributed by atoms with Crippen LogP contribution in [0.5, 0.6) is 0 Å². The van der Waals surface area contributed by atoms with Crippen LogP contribution in [0.15, 0.2) is 34.7 Å². The number of fused-ring (bicyclic) bond motifs is 1. The molecule has 2 amide bonds. The summed E-state index contributed by atoms with van der Waals surface area (Å²) in [5.74, 6) is -7.50. The Hall–Kier alpha value is -3.53. The normalized spacial score (nSPS) is 10.7. The van der Waals surface area contributed by atoms with Crippen molar-refractivity contribution in [1.82, 2.24) is 5.32 Å². The van der Waals surface area contributed by atoms with Crippen LogP contribution in [-0.2, 0) is 14.3 Å². The second kappa shape index (κ2) is 9.09. The first-order valence-corrected chi connectivity index (χ1v) is 9.11. The first-order valence-electron chi connectivity index (χ1n) is 8.73. The van der Waals surface area contributed by atoms with E-state index in [-0.39, 0.29) is 5.76 Å². The Morgan fingerprint density at radius 3 is 2.52 bits per heavy atom. The van der Waals surface area contributed by atoms with Crippen molar-refractivity contribution in [3.05, 3.63) is 64.1 Å². The number of benzene rings is 2. The van der Waals surface area contributed by atoms with E-state index in [1.165, 1.54) is 0 Å². The lowest BCUT2D eigenvalue weighted by Gasteiger charge is -2.08. The average Bonchev–Trinajstić information content (AvgIpc) is 3.09. The molecular formula is C20H14ClF3N2O5. The molecule has 0 aliphatic rings. The molecule has 0 atom stereocenters. The number of esters is 1. The number of aryl methyl sites for hydroxylation is 1. The Morgan fingerprint density at radius 1 is 1.06 bits per heavy atom. The number of furan rings is 1. The van der Waals surface area contributed by atoms with Gasteiger partial charge in [0.2, 0.25) is 11.7 Å². The lowest BCUT2D eigenvalue weighted by Crippen LogP contribution is -2.35. The predicted molar refractivity (Wildman–Crippen MR) is 104 cm³/mol. The summed E-state index contributed by atoms with van der Waals surface area (Å²) >= 11 is 6.02. The molecule has 1 aromatic heterocycles. The van der Waals surface area contributed by atoms with E-state index in [0.29, 0.717) is 27.6 Å². The SMILES string of the molecule is Cc1c(C(=O)OCC(=O)NCC(=O)Nc2ccc(F)c(F)c2F)oc2c(Cl)cccc12. The van der Waals surface area contributed by atoms with Gasteiger partial charge in [0.15, 0.2) is 29.6 Å². The van der Waals surface area contributed by atoms with Crippen molar-refractivity contribution < 1.29 is 36.7 Å². The van der Waals surface area contributed by atoms with Gasteiger partial charge in [-0.3, -0.25) is 9.59 Å². The largest absolute Gasteiger partial charge is 0.450 e. The summed E-state index contributed by atoms with van der Waals surface area (Å²) in [5, 5.41) is 5.04. The Bertz CT molecular complexity index is 1200. The van der Waals surface area contributed by atoms with E-state index < -0.39 is 54.1 Å². The minimum absolute atomic E-state index is 0.123. The Kier molecular flexibility index (Phi) is 6.50. The van der Waals surface area contributed by atoms with E-state index in [0.717, 1.165) is 6.07 Å². The number of carbonyl (C=O) groups is 3. The van der Waals surface area contributed by atoms with Gasteiger partial charge in [-0.25, -0.2) is 18.0 Å². The standard InChI is InChI=1S/C20H14ClF3N2O5/c1-9-10-3-2-4-11(21)19(10)31-18(9)20(29)30-8-15(28)25-7-14(27)26-13-6-5-12(22)16(23)17(13)24/h2-6H,7-8H2,1H3,(H,25,28)(H,26,27). The molecule has 0 aliphatic carbocycles. The third-order valence-corrected chi connectivity index (χ3v) is 4.49. The molecule has 0 saturated heterocycles. The maximum absolute atomic E-state index is 13.5. The quantitative estimate of drug-likeness (QED) is 0.437. The van der Waals surface area contributed by atoms with Crippen LogP contribution in [0.1, 0.15) is 16.1 Å². The van der Waals surface area contributed by atoms with Gasteiger partial charge in [0, 0.05) is 10.9 Å². The molecule has 0 radical (unpaired) electrons. The zero-order valence-corrected chi connectivity index (χ0v) is 16.6. The molecule has 2 aromatic carbocycles. The summed E-state index contributed by atoms with van der Waals surface area (Å²) in [7, 11) is 0. The van der Waals surface area contributed by atoms with Gasteiger partial charge < -0.3 is 19.8 Å². The highest BCUT2D eigenvalue weighted by atomic mass is 35.5. The summed E-state index contributed by atoms with van der Waals surface area (Å²) in [6, 6.07) is 6.45. The highest BCUT2D eigenvalue weighted by Gasteiger charge is 2.21. The van der Waals surface area contributed by atoms with E-state index in [9.17, 15) is 27.6 Å². The minimum atomic E-state index is -1.74. The van der Waals surface area contributed by atoms with Crippen molar-refractivity contribution in [3.63, 3.8) is 0 Å². The third-order valence-electron chi connectivity index (χ3n) is 4.19. The van der Waals surface area contributed by atoms with Crippen LogP contribution in [0.2, 0.25) is 5.02 Å². The molecule has 31 heavy (non-hydrogen) atoms. The molecule has 3 rings (SSSR count). The zero-order chi connectivity index (χ0) is 22.7. The molecule has 7 nitrogen and oxygen atoms in total. The maximum atomic E-state index is 13.5. The number of ether oxygens (including phenoxy) is 1. The zero-order valence-electron chi connectivity index (χ0n) is 15.9. The fourth-order valence-electron chi connectivity index (χ4n) is 2.65. The number of anilines is 1. The Labute approximate surface area is 178 Å². The summed E-state index contributed by atoms with van der Waals surface area (Å²) < 4.78 is 49.9. The second-order valence-electron chi connectivity index (χ2n) is 6.30. The highest BCUT2D eigenvalue weighted by molar-refractivity contribution is 6.35. The van der Waals surface area contributed by atoms with E-state index in [2.05, 4.69) is 5.32 Å². The van der Waals surface area contributed by atoms with Crippen molar-refractivity contribution in [2.24, 2.45) is 0 Å². The highest BCUT2D eigenvalue weighted by Crippen LogP contribution is 2.31. The van der Waals surface area contributed by atoms with Crippen LogP contribution in [-0.4, -0.2) is 30.9 Å². The lowest BCUT2D eigenvalue weighted by atomic mass is 10.1. The fourth-order valence-corrected chi connectivity index (χ4v) is 2.86. The number of amides is 2. The number of hydrogen-bond acceptors (Lipinski definition) is 5. The lowest BCUT2D eigenvalue weighted by molar-refractivity contribution is -0.126. The van der Waals surface area contributed by atoms with Gasteiger partial charge in [-0.2, -0.15) is 0 Å². The fraction of sp³-hybridized carbons (Fsp3) is 0.150. The molecule has 162 valence electrons. The Balaban J connectivity index is 1.52. The minimum Gasteiger partial charge on any atom is -0.450 e. The molecule has 0 unspecified atom stereocenters. The van der Waals surface area contributed by atoms with Crippen molar-refractivity contribution in [3.8, 4) is 0 Å². The Morgan fingerprint density at radius 2 is 1.81 bits per heavy atom. The van der Waals surface area contributed by atoms with Gasteiger partial charge in [-0.15, -0.1) is 0 Å². The smallest absolute Gasteiger partial charge is 0.375 e. The van der Waals surface area contributed by atoms with Crippen LogP contribution in [0.25, 0.3) is 11.0 Å². The summed E-state index contributed by atoms with van der Waals surface area (Å²) in [5.41, 5.74) is 0.193. The van der Waals surface area contributed by atoms with Gasteiger partial charge >= 0.3 is 5.97 Å². The van der Waals surface area contributed by atoms with Crippen LogP contribution in [0.4, 0.5) is 18.9 Å². The van der Waals surface area contributed by atoms with Crippen LogP contribution >= 0.6 is 11.6 Å². The van der Waals surface area contributed by atoms with E-state index in [4.69, 9.17) is 20.8 Å². The van der Waals surface area contributed by atoms with Crippen molar-refractivity contribution in [1.29, 1.82) is 0 Å². The summed E-state index contributed by atoms with van der Waals surface area (Å²) in [6.45, 7) is 0.268. The first-order chi connectivity index (χ1) is 14.7. The molecule has 0 bridgehead atoms. The number of rotatable bonds is 6. The van der Waals surface area contributed by atoms with Crippen LogP contribution < -0.4 is 10.6 Å². The van der Waals surface area contributed by atoms with Crippen LogP contribution in [0, 0.1) is 24.4 Å². The van der Waals surface area contributed by atoms with E-state index in [1.54, 1.807) is 25.1 Å². The first kappa shape index (κ1) is 22.2. The molecular weight excluding hydrogens is 441 g/mol. The monoisotopic (exact) mass is 454 g/mol. The summed E-state index contributed by atoms with van der Waals surface area (Å²) in [6.07, 6.45) is 0.